The number of rotatable bonds is 4. The molecule has 0 saturated carbocycles. The molecular weight excluding hydrogens is 418 g/mol. The summed E-state index contributed by atoms with van der Waals surface area (Å²) in [6.07, 6.45) is -3.30. The number of alkyl halides is 3. The van der Waals surface area contributed by atoms with Crippen LogP contribution in [0.3, 0.4) is 0 Å². The van der Waals surface area contributed by atoms with E-state index in [2.05, 4.69) is 10.1 Å². The van der Waals surface area contributed by atoms with E-state index < -0.39 is 29.5 Å². The van der Waals surface area contributed by atoms with Gasteiger partial charge in [0.2, 0.25) is 11.7 Å². The van der Waals surface area contributed by atoms with Crippen LogP contribution in [0.25, 0.3) is 11.4 Å². The van der Waals surface area contributed by atoms with Crippen LogP contribution >= 0.6 is 0 Å². The topological polar surface area (TPSA) is 68.5 Å². The summed E-state index contributed by atoms with van der Waals surface area (Å²) in [5.74, 6) is -0.933. The van der Waals surface area contributed by atoms with E-state index >= 15 is 0 Å². The van der Waals surface area contributed by atoms with Crippen LogP contribution in [0.5, 0.6) is 5.75 Å². The van der Waals surface area contributed by atoms with Crippen molar-refractivity contribution in [2.75, 3.05) is 13.7 Å². The van der Waals surface area contributed by atoms with E-state index in [0.717, 1.165) is 18.2 Å². The first-order valence-corrected chi connectivity index (χ1v) is 9.43. The van der Waals surface area contributed by atoms with E-state index in [9.17, 15) is 22.4 Å². The van der Waals surface area contributed by atoms with Crippen LogP contribution in [0.15, 0.2) is 47.0 Å². The number of aromatic nitrogens is 2. The number of benzene rings is 2. The molecule has 1 saturated heterocycles. The lowest BCUT2D eigenvalue weighted by molar-refractivity contribution is -0.137. The molecule has 10 heteroatoms. The average molecular weight is 435 g/mol. The highest BCUT2D eigenvalue weighted by molar-refractivity contribution is 5.94. The Balaban J connectivity index is 1.58. The molecule has 162 valence electrons. The fraction of sp³-hybridized carbons (Fsp3) is 0.286. The van der Waals surface area contributed by atoms with Gasteiger partial charge < -0.3 is 14.2 Å². The number of likely N-dealkylation sites (tertiary alicyclic amines) is 1. The standard InChI is InChI=1S/C21H17F4N3O3/c1-30-17-8-7-13(11-15(17)22)20(29)28-9-3-6-16(28)19-26-18(27-31-19)12-4-2-5-14(10-12)21(23,24)25/h2,4-5,7-8,10-11,16H,3,6,9H2,1H3/t16-/m1/s1. The van der Waals surface area contributed by atoms with Gasteiger partial charge in [-0.25, -0.2) is 4.39 Å². The Bertz CT molecular complexity index is 1110. The van der Waals surface area contributed by atoms with Gasteiger partial charge in [-0.3, -0.25) is 4.79 Å². The molecule has 2 aromatic carbocycles. The van der Waals surface area contributed by atoms with E-state index in [1.54, 1.807) is 0 Å². The molecule has 31 heavy (non-hydrogen) atoms. The smallest absolute Gasteiger partial charge is 0.416 e. The average Bonchev–Trinajstić information content (AvgIpc) is 3.42. The maximum Gasteiger partial charge on any atom is 0.416 e. The summed E-state index contributed by atoms with van der Waals surface area (Å²) in [5, 5.41) is 3.79. The molecule has 1 aliphatic rings. The summed E-state index contributed by atoms with van der Waals surface area (Å²) in [7, 11) is 1.33. The molecule has 1 fully saturated rings. The number of hydrogen-bond acceptors (Lipinski definition) is 5. The van der Waals surface area contributed by atoms with Crippen LogP contribution < -0.4 is 4.74 Å². The van der Waals surface area contributed by atoms with E-state index in [1.165, 1.54) is 36.3 Å². The van der Waals surface area contributed by atoms with Crippen LogP contribution in [0.2, 0.25) is 0 Å². The first-order chi connectivity index (χ1) is 14.8. The molecule has 0 spiro atoms. The Morgan fingerprint density at radius 3 is 2.74 bits per heavy atom. The Kier molecular flexibility index (Phi) is 5.38. The Labute approximate surface area is 174 Å². The number of nitrogens with zero attached hydrogens (tertiary/aromatic N) is 3. The monoisotopic (exact) mass is 435 g/mol. The van der Waals surface area contributed by atoms with Crippen molar-refractivity contribution in [2.24, 2.45) is 0 Å². The zero-order valence-corrected chi connectivity index (χ0v) is 16.3. The molecule has 0 N–H and O–H groups in total. The van der Waals surface area contributed by atoms with E-state index in [0.29, 0.717) is 19.4 Å². The van der Waals surface area contributed by atoms with Gasteiger partial charge in [-0.15, -0.1) is 0 Å². The number of ether oxygens (including phenoxy) is 1. The van der Waals surface area contributed by atoms with Crippen molar-refractivity contribution in [3.8, 4) is 17.1 Å². The molecule has 0 bridgehead atoms. The predicted octanol–water partition coefficient (Wildman–Crippen LogP) is 4.88. The van der Waals surface area contributed by atoms with Gasteiger partial charge in [0.05, 0.1) is 12.7 Å². The molecule has 1 aliphatic heterocycles. The normalized spacial score (nSPS) is 16.5. The van der Waals surface area contributed by atoms with Gasteiger partial charge in [-0.2, -0.15) is 18.2 Å². The number of carbonyl (C=O) groups excluding carboxylic acids is 1. The quantitative estimate of drug-likeness (QED) is 0.547. The highest BCUT2D eigenvalue weighted by atomic mass is 19.4. The zero-order valence-electron chi connectivity index (χ0n) is 16.3. The van der Waals surface area contributed by atoms with Crippen molar-refractivity contribution in [3.63, 3.8) is 0 Å². The van der Waals surface area contributed by atoms with Gasteiger partial charge in [0.25, 0.3) is 5.91 Å². The first kappa shape index (κ1) is 20.8. The number of methoxy groups -OCH3 is 1. The van der Waals surface area contributed by atoms with Crippen LogP contribution in [-0.4, -0.2) is 34.6 Å². The van der Waals surface area contributed by atoms with Crippen LogP contribution in [0, 0.1) is 5.82 Å². The summed E-state index contributed by atoms with van der Waals surface area (Å²) < 4.78 is 63.1. The molecule has 0 aliphatic carbocycles. The fourth-order valence-electron chi connectivity index (χ4n) is 3.55. The molecule has 1 aromatic heterocycles. The third kappa shape index (κ3) is 4.10. The summed E-state index contributed by atoms with van der Waals surface area (Å²) in [5.41, 5.74) is -0.531. The van der Waals surface area contributed by atoms with Gasteiger partial charge in [0.1, 0.15) is 6.04 Å². The minimum atomic E-state index is -4.50. The molecule has 1 atom stereocenters. The molecule has 3 aromatic rings. The highest BCUT2D eigenvalue weighted by Gasteiger charge is 2.35. The fourth-order valence-corrected chi connectivity index (χ4v) is 3.55. The minimum absolute atomic E-state index is 0.00380. The second-order valence-corrected chi connectivity index (χ2v) is 7.04. The van der Waals surface area contributed by atoms with E-state index in [-0.39, 0.29) is 28.6 Å². The Hall–Kier alpha value is -3.43. The Morgan fingerprint density at radius 2 is 2.03 bits per heavy atom. The SMILES string of the molecule is COc1ccc(C(=O)N2CCC[C@@H]2c2nc(-c3cccc(C(F)(F)F)c3)no2)cc1F. The van der Waals surface area contributed by atoms with Crippen molar-refractivity contribution >= 4 is 5.91 Å². The molecule has 0 unspecified atom stereocenters. The number of hydrogen-bond donors (Lipinski definition) is 0. The van der Waals surface area contributed by atoms with E-state index in [1.807, 2.05) is 0 Å². The largest absolute Gasteiger partial charge is 0.494 e. The summed E-state index contributed by atoms with van der Waals surface area (Å²) >= 11 is 0. The number of halogens is 4. The van der Waals surface area contributed by atoms with Gasteiger partial charge >= 0.3 is 6.18 Å². The number of carbonyl (C=O) groups is 1. The third-order valence-electron chi connectivity index (χ3n) is 5.09. The van der Waals surface area contributed by atoms with Gasteiger partial charge in [-0.05, 0) is 43.2 Å². The van der Waals surface area contributed by atoms with Crippen molar-refractivity contribution in [3.05, 3.63) is 65.3 Å². The van der Waals surface area contributed by atoms with Crippen LogP contribution in [0.1, 0.15) is 40.7 Å². The lowest BCUT2D eigenvalue weighted by Gasteiger charge is -2.22. The third-order valence-corrected chi connectivity index (χ3v) is 5.09. The van der Waals surface area contributed by atoms with Crippen molar-refractivity contribution in [1.29, 1.82) is 0 Å². The van der Waals surface area contributed by atoms with Crippen molar-refractivity contribution < 1.29 is 31.6 Å². The molecule has 6 nitrogen and oxygen atoms in total. The van der Waals surface area contributed by atoms with Gasteiger partial charge in [0.15, 0.2) is 11.6 Å². The van der Waals surface area contributed by atoms with Crippen molar-refractivity contribution in [1.82, 2.24) is 15.0 Å². The molecule has 1 amide bonds. The maximum atomic E-state index is 14.0. The summed E-state index contributed by atoms with van der Waals surface area (Å²) in [6.45, 7) is 0.401. The number of amides is 1. The van der Waals surface area contributed by atoms with Gasteiger partial charge in [-0.1, -0.05) is 17.3 Å². The first-order valence-electron chi connectivity index (χ1n) is 9.43. The predicted molar refractivity (Wildman–Crippen MR) is 101 cm³/mol. The molecule has 0 radical (unpaired) electrons. The van der Waals surface area contributed by atoms with Crippen LogP contribution in [0.4, 0.5) is 17.6 Å². The summed E-state index contributed by atoms with van der Waals surface area (Å²) in [4.78, 5) is 18.6. The summed E-state index contributed by atoms with van der Waals surface area (Å²) in [6, 6.07) is 7.97. The second kappa shape index (κ2) is 8.01. The second-order valence-electron chi connectivity index (χ2n) is 7.04. The van der Waals surface area contributed by atoms with Gasteiger partial charge in [0, 0.05) is 17.7 Å². The van der Waals surface area contributed by atoms with Crippen molar-refractivity contribution in [2.45, 2.75) is 25.1 Å². The lowest BCUT2D eigenvalue weighted by atomic mass is 10.1. The molecule has 2 heterocycles. The maximum absolute atomic E-state index is 14.0. The minimum Gasteiger partial charge on any atom is -0.494 e. The molecular formula is C21H17F4N3O3. The van der Waals surface area contributed by atoms with E-state index in [4.69, 9.17) is 9.26 Å². The van der Waals surface area contributed by atoms with Crippen LogP contribution in [-0.2, 0) is 6.18 Å². The highest BCUT2D eigenvalue weighted by Crippen LogP contribution is 2.35. The Morgan fingerprint density at radius 1 is 1.23 bits per heavy atom. The molecule has 4 rings (SSSR count). The zero-order chi connectivity index (χ0) is 22.2. The lowest BCUT2D eigenvalue weighted by Crippen LogP contribution is -2.30.